The Bertz CT molecular complexity index is 726. The molecule has 0 aromatic heterocycles. The third-order valence-electron chi connectivity index (χ3n) is 3.71. The summed E-state index contributed by atoms with van der Waals surface area (Å²) in [6.07, 6.45) is 2.33. The summed E-state index contributed by atoms with van der Waals surface area (Å²) >= 11 is 0. The lowest BCUT2D eigenvalue weighted by Crippen LogP contribution is -2.29. The van der Waals surface area contributed by atoms with Crippen LogP contribution in [0.25, 0.3) is 0 Å². The second kappa shape index (κ2) is 7.71. The molecule has 1 aromatic carbocycles. The zero-order valence-corrected chi connectivity index (χ0v) is 14.8. The van der Waals surface area contributed by atoms with Crippen molar-refractivity contribution >= 4 is 20.0 Å². The molecular formula is C14H23N3O4S2. The van der Waals surface area contributed by atoms with Gasteiger partial charge in [-0.1, -0.05) is 6.07 Å². The number of benzene rings is 1. The standard InChI is InChI=1S/C14H23N3O4S2/c1-15-8-5-9-16-22(18,19)13-6-4-7-14(12-13)23(20,21)17-10-2-3-11-17/h4,6-7,12,15-16H,2-3,5,8-11H2,1H3. The summed E-state index contributed by atoms with van der Waals surface area (Å²) in [6, 6.07) is 5.54. The Kier molecular flexibility index (Phi) is 6.15. The zero-order chi connectivity index (χ0) is 16.9. The number of hydrogen-bond donors (Lipinski definition) is 2. The van der Waals surface area contributed by atoms with Crippen molar-refractivity contribution in [2.75, 3.05) is 33.2 Å². The highest BCUT2D eigenvalue weighted by Gasteiger charge is 2.28. The molecule has 2 N–H and O–H groups in total. The van der Waals surface area contributed by atoms with Crippen molar-refractivity contribution in [2.45, 2.75) is 29.1 Å². The van der Waals surface area contributed by atoms with Gasteiger partial charge in [0, 0.05) is 19.6 Å². The van der Waals surface area contributed by atoms with E-state index in [9.17, 15) is 16.8 Å². The molecule has 0 bridgehead atoms. The summed E-state index contributed by atoms with van der Waals surface area (Å²) in [5, 5.41) is 2.93. The van der Waals surface area contributed by atoms with Gasteiger partial charge in [0.2, 0.25) is 20.0 Å². The fourth-order valence-electron chi connectivity index (χ4n) is 2.43. The maximum Gasteiger partial charge on any atom is 0.243 e. The molecule has 130 valence electrons. The number of rotatable bonds is 8. The van der Waals surface area contributed by atoms with Crippen LogP contribution in [-0.2, 0) is 20.0 Å². The van der Waals surface area contributed by atoms with Crippen molar-refractivity contribution in [3.63, 3.8) is 0 Å². The van der Waals surface area contributed by atoms with E-state index in [2.05, 4.69) is 10.0 Å². The largest absolute Gasteiger partial charge is 0.320 e. The Balaban J connectivity index is 2.19. The topological polar surface area (TPSA) is 95.6 Å². The van der Waals surface area contributed by atoms with E-state index in [1.54, 1.807) is 7.05 Å². The van der Waals surface area contributed by atoms with E-state index in [0.29, 0.717) is 32.6 Å². The van der Waals surface area contributed by atoms with Crippen LogP contribution >= 0.6 is 0 Å². The molecule has 0 radical (unpaired) electrons. The summed E-state index contributed by atoms with van der Waals surface area (Å²) in [5.41, 5.74) is 0. The van der Waals surface area contributed by atoms with Crippen LogP contribution in [0, 0.1) is 0 Å². The third kappa shape index (κ3) is 4.51. The number of nitrogens with zero attached hydrogens (tertiary/aromatic N) is 1. The van der Waals surface area contributed by atoms with Gasteiger partial charge in [0.15, 0.2) is 0 Å². The van der Waals surface area contributed by atoms with Gasteiger partial charge in [-0.25, -0.2) is 21.6 Å². The van der Waals surface area contributed by atoms with Crippen LogP contribution in [0.15, 0.2) is 34.1 Å². The molecule has 0 atom stereocenters. The lowest BCUT2D eigenvalue weighted by molar-refractivity contribution is 0.477. The van der Waals surface area contributed by atoms with Gasteiger partial charge in [-0.05, 0) is 51.1 Å². The van der Waals surface area contributed by atoms with Crippen LogP contribution in [0.5, 0.6) is 0 Å². The number of sulfonamides is 2. The predicted octanol–water partition coefficient (Wildman–Crippen LogP) is 0.359. The Labute approximate surface area is 138 Å². The normalized spacial score (nSPS) is 16.7. The fraction of sp³-hybridized carbons (Fsp3) is 0.571. The van der Waals surface area contributed by atoms with Gasteiger partial charge in [0.05, 0.1) is 9.79 Å². The van der Waals surface area contributed by atoms with E-state index in [-0.39, 0.29) is 9.79 Å². The van der Waals surface area contributed by atoms with Crippen LogP contribution in [0.1, 0.15) is 19.3 Å². The summed E-state index contributed by atoms with van der Waals surface area (Å²) in [6.45, 7) is 1.97. The maximum atomic E-state index is 12.5. The van der Waals surface area contributed by atoms with Gasteiger partial charge >= 0.3 is 0 Å². The van der Waals surface area contributed by atoms with Crippen LogP contribution in [-0.4, -0.2) is 54.4 Å². The average molecular weight is 361 g/mol. The van der Waals surface area contributed by atoms with E-state index in [1.165, 1.54) is 28.6 Å². The molecule has 1 fully saturated rings. The van der Waals surface area contributed by atoms with E-state index in [1.807, 2.05) is 0 Å². The van der Waals surface area contributed by atoms with Crippen molar-refractivity contribution < 1.29 is 16.8 Å². The highest BCUT2D eigenvalue weighted by atomic mass is 32.2. The molecule has 0 spiro atoms. The molecule has 1 saturated heterocycles. The Morgan fingerprint density at radius 1 is 1.04 bits per heavy atom. The quantitative estimate of drug-likeness (QED) is 0.652. The Morgan fingerprint density at radius 2 is 1.70 bits per heavy atom. The van der Waals surface area contributed by atoms with Crippen molar-refractivity contribution in [1.29, 1.82) is 0 Å². The molecule has 2 rings (SSSR count). The van der Waals surface area contributed by atoms with Gasteiger partial charge in [-0.15, -0.1) is 0 Å². The first-order valence-electron chi connectivity index (χ1n) is 7.62. The first kappa shape index (κ1) is 18.3. The van der Waals surface area contributed by atoms with Crippen LogP contribution < -0.4 is 10.0 Å². The van der Waals surface area contributed by atoms with Gasteiger partial charge in [-0.2, -0.15) is 4.31 Å². The van der Waals surface area contributed by atoms with Crippen LogP contribution in [0.3, 0.4) is 0 Å². The molecule has 0 aliphatic carbocycles. The lowest BCUT2D eigenvalue weighted by atomic mass is 10.4. The van der Waals surface area contributed by atoms with E-state index in [4.69, 9.17) is 0 Å². The van der Waals surface area contributed by atoms with E-state index >= 15 is 0 Å². The smallest absolute Gasteiger partial charge is 0.243 e. The van der Waals surface area contributed by atoms with E-state index in [0.717, 1.165) is 12.8 Å². The molecule has 7 nitrogen and oxygen atoms in total. The third-order valence-corrected chi connectivity index (χ3v) is 7.07. The highest BCUT2D eigenvalue weighted by molar-refractivity contribution is 7.90. The highest BCUT2D eigenvalue weighted by Crippen LogP contribution is 2.22. The summed E-state index contributed by atoms with van der Waals surface area (Å²) in [4.78, 5) is -0.000251. The van der Waals surface area contributed by atoms with Crippen molar-refractivity contribution in [1.82, 2.24) is 14.3 Å². The van der Waals surface area contributed by atoms with Crippen LogP contribution in [0.2, 0.25) is 0 Å². The molecule has 0 amide bonds. The Hall–Kier alpha value is -1.00. The van der Waals surface area contributed by atoms with Gasteiger partial charge in [0.1, 0.15) is 0 Å². The Morgan fingerprint density at radius 3 is 2.35 bits per heavy atom. The van der Waals surface area contributed by atoms with Gasteiger partial charge < -0.3 is 5.32 Å². The summed E-state index contributed by atoms with van der Waals surface area (Å²) in [5.74, 6) is 0. The minimum Gasteiger partial charge on any atom is -0.320 e. The molecule has 1 aliphatic heterocycles. The van der Waals surface area contributed by atoms with Gasteiger partial charge in [0.25, 0.3) is 0 Å². The summed E-state index contributed by atoms with van der Waals surface area (Å²) in [7, 11) is -5.53. The predicted molar refractivity (Wildman–Crippen MR) is 88.2 cm³/mol. The first-order valence-corrected chi connectivity index (χ1v) is 10.5. The maximum absolute atomic E-state index is 12.5. The molecule has 0 saturated carbocycles. The van der Waals surface area contributed by atoms with Crippen LogP contribution in [0.4, 0.5) is 0 Å². The first-order chi connectivity index (χ1) is 10.9. The second-order valence-corrected chi connectivity index (χ2v) is 9.15. The SMILES string of the molecule is CNCCCNS(=O)(=O)c1cccc(S(=O)(=O)N2CCCC2)c1. The zero-order valence-electron chi connectivity index (χ0n) is 13.2. The fourth-order valence-corrected chi connectivity index (χ4v) is 5.19. The van der Waals surface area contributed by atoms with E-state index < -0.39 is 20.0 Å². The monoisotopic (exact) mass is 361 g/mol. The molecule has 1 heterocycles. The molecular weight excluding hydrogens is 338 g/mol. The molecule has 9 heteroatoms. The minimum absolute atomic E-state index is 0.0255. The summed E-state index contributed by atoms with van der Waals surface area (Å²) < 4.78 is 53.4. The van der Waals surface area contributed by atoms with Crippen molar-refractivity contribution in [2.24, 2.45) is 0 Å². The van der Waals surface area contributed by atoms with Crippen molar-refractivity contribution in [3.05, 3.63) is 24.3 Å². The van der Waals surface area contributed by atoms with Gasteiger partial charge in [-0.3, -0.25) is 0 Å². The number of nitrogens with one attached hydrogen (secondary N) is 2. The molecule has 0 unspecified atom stereocenters. The van der Waals surface area contributed by atoms with Crippen molar-refractivity contribution in [3.8, 4) is 0 Å². The number of hydrogen-bond acceptors (Lipinski definition) is 5. The second-order valence-electron chi connectivity index (χ2n) is 5.44. The molecule has 1 aromatic rings. The molecule has 23 heavy (non-hydrogen) atoms. The average Bonchev–Trinajstić information content (AvgIpc) is 3.07. The molecule has 1 aliphatic rings. The lowest BCUT2D eigenvalue weighted by Gasteiger charge is -2.16. The minimum atomic E-state index is -3.71.